The van der Waals surface area contributed by atoms with Gasteiger partial charge in [0.2, 0.25) is 15.9 Å². The van der Waals surface area contributed by atoms with E-state index in [9.17, 15) is 13.2 Å². The highest BCUT2D eigenvalue weighted by molar-refractivity contribution is 7.89. The van der Waals surface area contributed by atoms with Gasteiger partial charge in [0.1, 0.15) is 5.75 Å². The van der Waals surface area contributed by atoms with Gasteiger partial charge in [-0.15, -0.1) is 0 Å². The Balaban J connectivity index is 2.21. The molecular formula is C17H26N2O4S. The van der Waals surface area contributed by atoms with E-state index in [4.69, 9.17) is 4.74 Å². The molecule has 0 aliphatic carbocycles. The van der Waals surface area contributed by atoms with Gasteiger partial charge in [-0.2, -0.15) is 4.31 Å². The molecule has 24 heavy (non-hydrogen) atoms. The van der Waals surface area contributed by atoms with Crippen molar-refractivity contribution in [2.24, 2.45) is 5.92 Å². The number of carbonyl (C=O) groups excluding carboxylic acids is 1. The van der Waals surface area contributed by atoms with Crippen LogP contribution in [0.1, 0.15) is 25.0 Å². The molecule has 0 radical (unpaired) electrons. The Morgan fingerprint density at radius 1 is 1.08 bits per heavy atom. The van der Waals surface area contributed by atoms with Gasteiger partial charge in [-0.25, -0.2) is 8.42 Å². The Labute approximate surface area is 144 Å². The molecule has 1 saturated heterocycles. The van der Waals surface area contributed by atoms with Crippen molar-refractivity contribution in [1.29, 1.82) is 0 Å². The van der Waals surface area contributed by atoms with Crippen molar-refractivity contribution in [1.82, 2.24) is 9.21 Å². The van der Waals surface area contributed by atoms with Crippen LogP contribution in [0.5, 0.6) is 5.75 Å². The summed E-state index contributed by atoms with van der Waals surface area (Å²) in [6.45, 7) is 8.83. The minimum Gasteiger partial charge on any atom is -0.496 e. The molecule has 1 aromatic rings. The lowest BCUT2D eigenvalue weighted by Crippen LogP contribution is -2.51. The molecular weight excluding hydrogens is 328 g/mol. The van der Waals surface area contributed by atoms with E-state index in [1.165, 1.54) is 4.31 Å². The van der Waals surface area contributed by atoms with Gasteiger partial charge in [0.15, 0.2) is 0 Å². The number of amides is 1. The summed E-state index contributed by atoms with van der Waals surface area (Å²) in [5, 5.41) is 0. The number of ether oxygens (including phenoxy) is 1. The van der Waals surface area contributed by atoms with Crippen LogP contribution in [-0.2, 0) is 14.8 Å². The van der Waals surface area contributed by atoms with E-state index < -0.39 is 10.0 Å². The van der Waals surface area contributed by atoms with Crippen molar-refractivity contribution in [2.45, 2.75) is 32.6 Å². The molecule has 134 valence electrons. The van der Waals surface area contributed by atoms with Crippen LogP contribution >= 0.6 is 0 Å². The third-order valence-electron chi connectivity index (χ3n) is 4.35. The van der Waals surface area contributed by atoms with Gasteiger partial charge in [0.05, 0.1) is 12.0 Å². The maximum absolute atomic E-state index is 13.0. The average Bonchev–Trinajstić information content (AvgIpc) is 2.55. The maximum Gasteiger partial charge on any atom is 0.243 e. The fourth-order valence-electron chi connectivity index (χ4n) is 2.91. The summed E-state index contributed by atoms with van der Waals surface area (Å²) >= 11 is 0. The summed E-state index contributed by atoms with van der Waals surface area (Å²) in [4.78, 5) is 14.1. The first-order valence-electron chi connectivity index (χ1n) is 8.12. The molecule has 1 aliphatic heterocycles. The lowest BCUT2D eigenvalue weighted by atomic mass is 10.1. The topological polar surface area (TPSA) is 66.9 Å². The highest BCUT2D eigenvalue weighted by atomic mass is 32.2. The Kier molecular flexibility index (Phi) is 5.55. The average molecular weight is 354 g/mol. The Hall–Kier alpha value is -1.60. The van der Waals surface area contributed by atoms with Gasteiger partial charge in [-0.1, -0.05) is 13.8 Å². The van der Waals surface area contributed by atoms with Crippen molar-refractivity contribution in [3.63, 3.8) is 0 Å². The van der Waals surface area contributed by atoms with Crippen LogP contribution < -0.4 is 4.74 Å². The number of nitrogens with zero attached hydrogens (tertiary/aromatic N) is 2. The number of piperazine rings is 1. The van der Waals surface area contributed by atoms with Crippen molar-refractivity contribution in [3.05, 3.63) is 23.3 Å². The summed E-state index contributed by atoms with van der Waals surface area (Å²) in [5.74, 6) is 0.682. The lowest BCUT2D eigenvalue weighted by Gasteiger charge is -2.35. The number of rotatable bonds is 4. The van der Waals surface area contributed by atoms with Gasteiger partial charge in [0.25, 0.3) is 0 Å². The molecule has 0 bridgehead atoms. The monoisotopic (exact) mass is 354 g/mol. The zero-order valence-electron chi connectivity index (χ0n) is 15.0. The summed E-state index contributed by atoms with van der Waals surface area (Å²) < 4.78 is 32.6. The molecule has 6 nitrogen and oxygen atoms in total. The quantitative estimate of drug-likeness (QED) is 0.827. The maximum atomic E-state index is 13.0. The van der Waals surface area contributed by atoms with Crippen LogP contribution in [0.25, 0.3) is 0 Å². The van der Waals surface area contributed by atoms with Crippen LogP contribution in [0.3, 0.4) is 0 Å². The smallest absolute Gasteiger partial charge is 0.243 e. The van der Waals surface area contributed by atoms with Crippen molar-refractivity contribution < 1.29 is 17.9 Å². The zero-order chi connectivity index (χ0) is 18.1. The van der Waals surface area contributed by atoms with E-state index in [0.717, 1.165) is 5.56 Å². The van der Waals surface area contributed by atoms with Gasteiger partial charge >= 0.3 is 0 Å². The predicted molar refractivity (Wildman–Crippen MR) is 92.6 cm³/mol. The Morgan fingerprint density at radius 2 is 1.67 bits per heavy atom. The first-order valence-corrected chi connectivity index (χ1v) is 9.56. The number of carbonyl (C=O) groups is 1. The molecule has 0 N–H and O–H groups in total. The molecule has 7 heteroatoms. The second kappa shape index (κ2) is 7.11. The Bertz CT molecular complexity index is 720. The standard InChI is InChI=1S/C17H26N2O4S/c1-12(2)17(20)18-6-8-19(9-7-18)24(21,22)16-11-13(3)15(23-5)10-14(16)4/h10-12H,6-9H2,1-5H3. The summed E-state index contributed by atoms with van der Waals surface area (Å²) in [7, 11) is -2.00. The van der Waals surface area contributed by atoms with Crippen LogP contribution in [-0.4, -0.2) is 56.8 Å². The largest absolute Gasteiger partial charge is 0.496 e. The van der Waals surface area contributed by atoms with Gasteiger partial charge in [-0.05, 0) is 37.1 Å². The first kappa shape index (κ1) is 18.7. The molecule has 0 saturated carbocycles. The van der Waals surface area contributed by atoms with Gasteiger partial charge < -0.3 is 9.64 Å². The van der Waals surface area contributed by atoms with Crippen LogP contribution in [0.2, 0.25) is 0 Å². The molecule has 1 aromatic carbocycles. The number of aryl methyl sites for hydroxylation is 2. The number of hydrogen-bond acceptors (Lipinski definition) is 4. The number of methoxy groups -OCH3 is 1. The molecule has 0 aromatic heterocycles. The zero-order valence-corrected chi connectivity index (χ0v) is 15.8. The van der Waals surface area contributed by atoms with E-state index in [0.29, 0.717) is 42.4 Å². The highest BCUT2D eigenvalue weighted by Crippen LogP contribution is 2.28. The highest BCUT2D eigenvalue weighted by Gasteiger charge is 2.31. The van der Waals surface area contributed by atoms with Crippen molar-refractivity contribution in [2.75, 3.05) is 33.3 Å². The summed E-state index contributed by atoms with van der Waals surface area (Å²) in [6.07, 6.45) is 0. The van der Waals surface area contributed by atoms with E-state index in [1.54, 1.807) is 31.1 Å². The lowest BCUT2D eigenvalue weighted by molar-refractivity contribution is -0.135. The molecule has 1 fully saturated rings. The van der Waals surface area contributed by atoms with E-state index >= 15 is 0 Å². The number of hydrogen-bond donors (Lipinski definition) is 0. The predicted octanol–water partition coefficient (Wildman–Crippen LogP) is 1.80. The molecule has 0 unspecified atom stereocenters. The van der Waals surface area contributed by atoms with Crippen LogP contribution in [0, 0.1) is 19.8 Å². The van der Waals surface area contributed by atoms with Crippen molar-refractivity contribution >= 4 is 15.9 Å². The molecule has 1 aliphatic rings. The molecule has 1 amide bonds. The van der Waals surface area contributed by atoms with Crippen molar-refractivity contribution in [3.8, 4) is 5.75 Å². The van der Waals surface area contributed by atoms with E-state index in [1.807, 2.05) is 20.8 Å². The number of benzene rings is 1. The SMILES string of the molecule is COc1cc(C)c(S(=O)(=O)N2CCN(C(=O)C(C)C)CC2)cc1C. The minimum atomic E-state index is -3.57. The number of sulfonamides is 1. The van der Waals surface area contributed by atoms with E-state index in [-0.39, 0.29) is 11.8 Å². The summed E-state index contributed by atoms with van der Waals surface area (Å²) in [5.41, 5.74) is 1.45. The minimum absolute atomic E-state index is 0.0698. The molecule has 0 atom stereocenters. The third-order valence-corrected chi connectivity index (χ3v) is 6.40. The third kappa shape index (κ3) is 3.57. The van der Waals surface area contributed by atoms with Gasteiger partial charge in [-0.3, -0.25) is 4.79 Å². The van der Waals surface area contributed by atoms with E-state index in [2.05, 4.69) is 0 Å². The van der Waals surface area contributed by atoms with Gasteiger partial charge in [0, 0.05) is 32.1 Å². The van der Waals surface area contributed by atoms with Crippen LogP contribution in [0.15, 0.2) is 17.0 Å². The fraction of sp³-hybridized carbons (Fsp3) is 0.588. The second-order valence-electron chi connectivity index (χ2n) is 6.47. The molecule has 1 heterocycles. The molecule has 2 rings (SSSR count). The van der Waals surface area contributed by atoms with Crippen LogP contribution in [0.4, 0.5) is 0 Å². The second-order valence-corrected chi connectivity index (χ2v) is 8.38. The summed E-state index contributed by atoms with van der Waals surface area (Å²) in [6, 6.07) is 3.41. The fourth-order valence-corrected chi connectivity index (χ4v) is 4.63. The molecule has 0 spiro atoms. The Morgan fingerprint density at radius 3 is 2.17 bits per heavy atom. The normalized spacial score (nSPS) is 16.5. The first-order chi connectivity index (χ1) is 11.2.